The summed E-state index contributed by atoms with van der Waals surface area (Å²) in [6.45, 7) is 6.89. The van der Waals surface area contributed by atoms with Crippen LogP contribution < -0.4 is 5.32 Å². The standard InChI is InChI=1S/C24H27N3O4S/c1-16-13-17(2)15-27(14-16)32(29,30)21-11-9-20(10-12-21)25-24(28)22-18(3)31-26-23(22)19-7-5-4-6-8-19/h4-12,16-17H,13-15H2,1-3H3,(H,25,28). The van der Waals surface area contributed by atoms with E-state index in [0.29, 0.717) is 47.6 Å². The van der Waals surface area contributed by atoms with E-state index < -0.39 is 10.0 Å². The van der Waals surface area contributed by atoms with Crippen molar-refractivity contribution in [2.75, 3.05) is 18.4 Å². The number of hydrogen-bond acceptors (Lipinski definition) is 5. The predicted molar refractivity (Wildman–Crippen MR) is 123 cm³/mol. The fraction of sp³-hybridized carbons (Fsp3) is 0.333. The number of rotatable bonds is 5. The van der Waals surface area contributed by atoms with E-state index in [0.717, 1.165) is 12.0 Å². The van der Waals surface area contributed by atoms with E-state index in [9.17, 15) is 13.2 Å². The zero-order valence-corrected chi connectivity index (χ0v) is 19.2. The van der Waals surface area contributed by atoms with Gasteiger partial charge in [-0.25, -0.2) is 8.42 Å². The van der Waals surface area contributed by atoms with Crippen molar-refractivity contribution in [3.63, 3.8) is 0 Å². The SMILES string of the molecule is Cc1onc(-c2ccccc2)c1C(=O)Nc1ccc(S(=O)(=O)N2CC(C)CC(C)C2)cc1. The van der Waals surface area contributed by atoms with Crippen LogP contribution in [0.2, 0.25) is 0 Å². The summed E-state index contributed by atoms with van der Waals surface area (Å²) in [5.41, 5.74) is 2.09. The van der Waals surface area contributed by atoms with Crippen LogP contribution >= 0.6 is 0 Å². The summed E-state index contributed by atoms with van der Waals surface area (Å²) in [4.78, 5) is 13.2. The van der Waals surface area contributed by atoms with E-state index in [1.54, 1.807) is 23.4 Å². The molecule has 2 unspecified atom stereocenters. The van der Waals surface area contributed by atoms with E-state index in [-0.39, 0.29) is 10.8 Å². The van der Waals surface area contributed by atoms with Gasteiger partial charge in [-0.1, -0.05) is 49.3 Å². The minimum absolute atomic E-state index is 0.225. The molecule has 1 fully saturated rings. The summed E-state index contributed by atoms with van der Waals surface area (Å²) in [6, 6.07) is 15.6. The molecule has 32 heavy (non-hydrogen) atoms. The van der Waals surface area contributed by atoms with Gasteiger partial charge in [-0.15, -0.1) is 0 Å². The number of carbonyl (C=O) groups excluding carboxylic acids is 1. The third-order valence-electron chi connectivity index (χ3n) is 5.72. The number of sulfonamides is 1. The van der Waals surface area contributed by atoms with Gasteiger partial charge in [0, 0.05) is 24.3 Å². The maximum atomic E-state index is 13.1. The quantitative estimate of drug-likeness (QED) is 0.611. The van der Waals surface area contributed by atoms with Gasteiger partial charge in [0.05, 0.1) is 4.90 Å². The van der Waals surface area contributed by atoms with Crippen molar-refractivity contribution in [1.29, 1.82) is 0 Å². The molecule has 1 aliphatic rings. The Balaban J connectivity index is 1.53. The van der Waals surface area contributed by atoms with E-state index in [4.69, 9.17) is 4.52 Å². The molecule has 1 aromatic heterocycles. The molecule has 1 amide bonds. The molecule has 4 rings (SSSR count). The summed E-state index contributed by atoms with van der Waals surface area (Å²) in [5, 5.41) is 6.86. The maximum absolute atomic E-state index is 13.1. The van der Waals surface area contributed by atoms with Crippen LogP contribution in [0.3, 0.4) is 0 Å². The second-order valence-corrected chi connectivity index (χ2v) is 10.5. The Labute approximate surface area is 188 Å². The monoisotopic (exact) mass is 453 g/mol. The first kappa shape index (κ1) is 22.2. The zero-order chi connectivity index (χ0) is 22.9. The lowest BCUT2D eigenvalue weighted by Gasteiger charge is -2.34. The lowest BCUT2D eigenvalue weighted by Crippen LogP contribution is -2.42. The van der Waals surface area contributed by atoms with E-state index in [2.05, 4.69) is 24.3 Å². The topological polar surface area (TPSA) is 92.5 Å². The number of piperidine rings is 1. The van der Waals surface area contributed by atoms with Crippen LogP contribution in [0.5, 0.6) is 0 Å². The first-order valence-electron chi connectivity index (χ1n) is 10.7. The van der Waals surface area contributed by atoms with E-state index in [1.165, 1.54) is 12.1 Å². The Hall–Kier alpha value is -2.97. The first-order valence-corrected chi connectivity index (χ1v) is 12.1. The van der Waals surface area contributed by atoms with Gasteiger partial charge in [0.2, 0.25) is 10.0 Å². The minimum atomic E-state index is -3.57. The molecule has 2 heterocycles. The van der Waals surface area contributed by atoms with Crippen LogP contribution in [0.15, 0.2) is 64.0 Å². The second-order valence-electron chi connectivity index (χ2n) is 8.57. The van der Waals surface area contributed by atoms with Crippen LogP contribution in [0, 0.1) is 18.8 Å². The van der Waals surface area contributed by atoms with Crippen molar-refractivity contribution in [3.8, 4) is 11.3 Å². The largest absolute Gasteiger partial charge is 0.360 e. The van der Waals surface area contributed by atoms with Crippen LogP contribution in [-0.2, 0) is 10.0 Å². The molecule has 3 aromatic rings. The molecule has 1 aliphatic heterocycles. The molecule has 168 valence electrons. The molecule has 2 atom stereocenters. The third kappa shape index (κ3) is 4.47. The van der Waals surface area contributed by atoms with Crippen molar-refractivity contribution in [1.82, 2.24) is 9.46 Å². The molecule has 0 saturated carbocycles. The van der Waals surface area contributed by atoms with Crippen molar-refractivity contribution < 1.29 is 17.7 Å². The summed E-state index contributed by atoms with van der Waals surface area (Å²) in [6.07, 6.45) is 1.03. The molecule has 1 N–H and O–H groups in total. The number of carbonyl (C=O) groups is 1. The number of benzene rings is 2. The first-order chi connectivity index (χ1) is 15.3. The average Bonchev–Trinajstić information content (AvgIpc) is 3.15. The number of aryl methyl sites for hydroxylation is 1. The summed E-state index contributed by atoms with van der Waals surface area (Å²) >= 11 is 0. The number of nitrogens with one attached hydrogen (secondary N) is 1. The van der Waals surface area contributed by atoms with Crippen LogP contribution in [0.4, 0.5) is 5.69 Å². The van der Waals surface area contributed by atoms with E-state index >= 15 is 0 Å². The number of nitrogens with zero attached hydrogens (tertiary/aromatic N) is 2. The van der Waals surface area contributed by atoms with Crippen LogP contribution in [0.25, 0.3) is 11.3 Å². The number of hydrogen-bond donors (Lipinski definition) is 1. The molecule has 0 aliphatic carbocycles. The lowest BCUT2D eigenvalue weighted by atomic mass is 9.94. The van der Waals surface area contributed by atoms with Crippen molar-refractivity contribution in [3.05, 3.63) is 65.9 Å². The Morgan fingerprint density at radius 2 is 1.66 bits per heavy atom. The van der Waals surface area contributed by atoms with Crippen LogP contribution in [0.1, 0.15) is 36.4 Å². The van der Waals surface area contributed by atoms with Gasteiger partial charge in [-0.2, -0.15) is 4.31 Å². The Kier molecular flexibility index (Phi) is 6.17. The lowest BCUT2D eigenvalue weighted by molar-refractivity contribution is 0.102. The van der Waals surface area contributed by atoms with Gasteiger partial charge in [0.15, 0.2) is 0 Å². The molecule has 7 nitrogen and oxygen atoms in total. The highest BCUT2D eigenvalue weighted by Crippen LogP contribution is 2.28. The average molecular weight is 454 g/mol. The Bertz CT molecular complexity index is 1190. The van der Waals surface area contributed by atoms with Gasteiger partial charge in [-0.05, 0) is 49.4 Å². The van der Waals surface area contributed by atoms with Gasteiger partial charge in [0.25, 0.3) is 5.91 Å². The summed E-state index contributed by atoms with van der Waals surface area (Å²) in [7, 11) is -3.57. The molecule has 1 saturated heterocycles. The highest BCUT2D eigenvalue weighted by Gasteiger charge is 2.31. The summed E-state index contributed by atoms with van der Waals surface area (Å²) in [5.74, 6) is 0.709. The Morgan fingerprint density at radius 3 is 2.28 bits per heavy atom. The maximum Gasteiger partial charge on any atom is 0.261 e. The molecular formula is C24H27N3O4S. The van der Waals surface area contributed by atoms with Crippen molar-refractivity contribution in [2.24, 2.45) is 11.8 Å². The number of anilines is 1. The molecule has 8 heteroatoms. The third-order valence-corrected chi connectivity index (χ3v) is 7.57. The fourth-order valence-electron chi connectivity index (χ4n) is 4.29. The molecule has 0 bridgehead atoms. The Morgan fingerprint density at radius 1 is 1.03 bits per heavy atom. The second kappa shape index (κ2) is 8.88. The van der Waals surface area contributed by atoms with Gasteiger partial charge >= 0.3 is 0 Å². The smallest absolute Gasteiger partial charge is 0.261 e. The predicted octanol–water partition coefficient (Wildman–Crippen LogP) is 4.57. The van der Waals surface area contributed by atoms with E-state index in [1.807, 2.05) is 30.3 Å². The number of amides is 1. The molecule has 0 spiro atoms. The highest BCUT2D eigenvalue weighted by molar-refractivity contribution is 7.89. The van der Waals surface area contributed by atoms with Crippen LogP contribution in [-0.4, -0.2) is 36.9 Å². The molecule has 0 radical (unpaired) electrons. The molecule has 2 aromatic carbocycles. The highest BCUT2D eigenvalue weighted by atomic mass is 32.2. The van der Waals surface area contributed by atoms with Crippen molar-refractivity contribution in [2.45, 2.75) is 32.1 Å². The minimum Gasteiger partial charge on any atom is -0.360 e. The van der Waals surface area contributed by atoms with Gasteiger partial charge in [-0.3, -0.25) is 4.79 Å². The van der Waals surface area contributed by atoms with Gasteiger partial charge in [0.1, 0.15) is 17.0 Å². The van der Waals surface area contributed by atoms with Gasteiger partial charge < -0.3 is 9.84 Å². The molecular weight excluding hydrogens is 426 g/mol. The normalized spacial score (nSPS) is 19.6. The number of aromatic nitrogens is 1. The zero-order valence-electron chi connectivity index (χ0n) is 18.4. The summed E-state index contributed by atoms with van der Waals surface area (Å²) < 4.78 is 32.9. The van der Waals surface area contributed by atoms with Crippen molar-refractivity contribution >= 4 is 21.6 Å². The fourth-order valence-corrected chi connectivity index (χ4v) is 5.97.